The van der Waals surface area contributed by atoms with Crippen LogP contribution in [0.4, 0.5) is 5.69 Å². The monoisotopic (exact) mass is 218 g/mol. The first-order valence-electron chi connectivity index (χ1n) is 4.69. The summed E-state index contributed by atoms with van der Waals surface area (Å²) in [6.45, 7) is 0. The zero-order valence-corrected chi connectivity index (χ0v) is 8.91. The molecule has 0 amide bonds. The van der Waals surface area contributed by atoms with Crippen LogP contribution in [0.15, 0.2) is 42.6 Å². The summed E-state index contributed by atoms with van der Waals surface area (Å²) in [5.74, 6) is 0. The van der Waals surface area contributed by atoms with Crippen molar-refractivity contribution in [3.63, 3.8) is 0 Å². The van der Waals surface area contributed by atoms with E-state index in [0.717, 1.165) is 23.4 Å². The Morgan fingerprint density at radius 3 is 2.53 bits per heavy atom. The normalized spacial score (nSPS) is 10.2. The molecule has 0 fully saturated rings. The van der Waals surface area contributed by atoms with Crippen molar-refractivity contribution >= 4 is 17.3 Å². The van der Waals surface area contributed by atoms with Crippen molar-refractivity contribution in [2.75, 3.05) is 5.73 Å². The Morgan fingerprint density at radius 2 is 1.87 bits per heavy atom. The molecule has 0 saturated carbocycles. The first-order valence-corrected chi connectivity index (χ1v) is 5.07. The summed E-state index contributed by atoms with van der Waals surface area (Å²) >= 11 is 6.02. The van der Waals surface area contributed by atoms with Gasteiger partial charge in [-0.3, -0.25) is 4.98 Å². The van der Waals surface area contributed by atoms with Crippen molar-refractivity contribution in [1.82, 2.24) is 4.98 Å². The molecule has 0 unspecified atom stereocenters. The van der Waals surface area contributed by atoms with Crippen LogP contribution in [-0.4, -0.2) is 4.98 Å². The highest BCUT2D eigenvalue weighted by Gasteiger charge is 2.01. The average molecular weight is 219 g/mol. The van der Waals surface area contributed by atoms with E-state index in [1.54, 1.807) is 6.20 Å². The molecule has 0 radical (unpaired) electrons. The first-order chi connectivity index (χ1) is 7.25. The van der Waals surface area contributed by atoms with Gasteiger partial charge >= 0.3 is 0 Å². The van der Waals surface area contributed by atoms with E-state index in [0.29, 0.717) is 5.02 Å². The molecule has 1 heterocycles. The summed E-state index contributed by atoms with van der Waals surface area (Å²) < 4.78 is 0. The number of hydrogen-bond acceptors (Lipinski definition) is 2. The van der Waals surface area contributed by atoms with Crippen LogP contribution in [0.3, 0.4) is 0 Å². The lowest BCUT2D eigenvalue weighted by Crippen LogP contribution is -1.93. The van der Waals surface area contributed by atoms with Crippen LogP contribution in [-0.2, 0) is 6.42 Å². The highest BCUT2D eigenvalue weighted by atomic mass is 35.5. The molecular formula is C12H11ClN2. The molecule has 0 saturated heterocycles. The second-order valence-corrected chi connectivity index (χ2v) is 3.76. The van der Waals surface area contributed by atoms with E-state index in [9.17, 15) is 0 Å². The van der Waals surface area contributed by atoms with Gasteiger partial charge < -0.3 is 5.73 Å². The zero-order valence-electron chi connectivity index (χ0n) is 8.15. The quantitative estimate of drug-likeness (QED) is 0.788. The predicted molar refractivity (Wildman–Crippen MR) is 62.9 cm³/mol. The van der Waals surface area contributed by atoms with Gasteiger partial charge in [0.05, 0.1) is 10.7 Å². The SMILES string of the molecule is Nc1ccc(Cc2ncccc2Cl)cc1. The Bertz CT molecular complexity index is 451. The molecule has 0 aliphatic carbocycles. The van der Waals surface area contributed by atoms with Crippen LogP contribution in [0.25, 0.3) is 0 Å². The molecule has 2 aromatic rings. The van der Waals surface area contributed by atoms with Gasteiger partial charge in [-0.05, 0) is 29.8 Å². The molecule has 76 valence electrons. The summed E-state index contributed by atoms with van der Waals surface area (Å²) in [5, 5.41) is 0.703. The maximum atomic E-state index is 6.02. The Hall–Kier alpha value is -1.54. The molecule has 0 spiro atoms. The summed E-state index contributed by atoms with van der Waals surface area (Å²) in [5.41, 5.74) is 8.43. The van der Waals surface area contributed by atoms with Gasteiger partial charge in [-0.15, -0.1) is 0 Å². The number of anilines is 1. The summed E-state index contributed by atoms with van der Waals surface area (Å²) in [7, 11) is 0. The Morgan fingerprint density at radius 1 is 1.13 bits per heavy atom. The van der Waals surface area contributed by atoms with Crippen molar-refractivity contribution in [2.24, 2.45) is 0 Å². The van der Waals surface area contributed by atoms with Gasteiger partial charge in [0.15, 0.2) is 0 Å². The topological polar surface area (TPSA) is 38.9 Å². The number of benzene rings is 1. The van der Waals surface area contributed by atoms with Crippen molar-refractivity contribution in [3.05, 3.63) is 58.9 Å². The molecule has 2 nitrogen and oxygen atoms in total. The van der Waals surface area contributed by atoms with E-state index in [1.165, 1.54) is 0 Å². The van der Waals surface area contributed by atoms with Gasteiger partial charge in [-0.1, -0.05) is 23.7 Å². The third-order valence-electron chi connectivity index (χ3n) is 2.19. The minimum Gasteiger partial charge on any atom is -0.399 e. The third-order valence-corrected chi connectivity index (χ3v) is 2.53. The number of halogens is 1. The van der Waals surface area contributed by atoms with Crippen molar-refractivity contribution in [1.29, 1.82) is 0 Å². The first kappa shape index (κ1) is 9.99. The highest BCUT2D eigenvalue weighted by Crippen LogP contribution is 2.17. The van der Waals surface area contributed by atoms with Crippen LogP contribution in [0.2, 0.25) is 5.02 Å². The lowest BCUT2D eigenvalue weighted by molar-refractivity contribution is 1.07. The van der Waals surface area contributed by atoms with Crippen molar-refractivity contribution < 1.29 is 0 Å². The fraction of sp³-hybridized carbons (Fsp3) is 0.0833. The van der Waals surface area contributed by atoms with Gasteiger partial charge in [-0.2, -0.15) is 0 Å². The van der Waals surface area contributed by atoms with Crippen LogP contribution in [0.1, 0.15) is 11.3 Å². The van der Waals surface area contributed by atoms with Crippen LogP contribution >= 0.6 is 11.6 Å². The van der Waals surface area contributed by atoms with Crippen LogP contribution in [0, 0.1) is 0 Å². The minimum absolute atomic E-state index is 0.703. The van der Waals surface area contributed by atoms with Gasteiger partial charge in [-0.25, -0.2) is 0 Å². The Labute approximate surface area is 93.7 Å². The highest BCUT2D eigenvalue weighted by molar-refractivity contribution is 6.31. The van der Waals surface area contributed by atoms with E-state index in [-0.39, 0.29) is 0 Å². The average Bonchev–Trinajstić information content (AvgIpc) is 2.25. The smallest absolute Gasteiger partial charge is 0.0633 e. The maximum absolute atomic E-state index is 6.02. The maximum Gasteiger partial charge on any atom is 0.0633 e. The van der Waals surface area contributed by atoms with Crippen molar-refractivity contribution in [3.8, 4) is 0 Å². The molecule has 1 aromatic heterocycles. The second kappa shape index (κ2) is 4.32. The number of nitrogens with two attached hydrogens (primary N) is 1. The molecule has 0 aliphatic heterocycles. The largest absolute Gasteiger partial charge is 0.399 e. The number of nitrogen functional groups attached to an aromatic ring is 1. The molecule has 0 atom stereocenters. The fourth-order valence-electron chi connectivity index (χ4n) is 1.38. The van der Waals surface area contributed by atoms with Gasteiger partial charge in [0, 0.05) is 18.3 Å². The van der Waals surface area contributed by atoms with Gasteiger partial charge in [0.1, 0.15) is 0 Å². The molecule has 0 bridgehead atoms. The number of pyridine rings is 1. The standard InChI is InChI=1S/C12H11ClN2/c13-11-2-1-7-15-12(11)8-9-3-5-10(14)6-4-9/h1-7H,8,14H2. The molecule has 2 N–H and O–H groups in total. The van der Waals surface area contributed by atoms with Gasteiger partial charge in [0.2, 0.25) is 0 Å². The summed E-state index contributed by atoms with van der Waals surface area (Å²) in [4.78, 5) is 4.23. The van der Waals surface area contributed by atoms with E-state index in [2.05, 4.69) is 4.98 Å². The molecule has 2 rings (SSSR count). The third kappa shape index (κ3) is 2.48. The molecule has 1 aromatic carbocycles. The Balaban J connectivity index is 2.22. The number of hydrogen-bond donors (Lipinski definition) is 1. The van der Waals surface area contributed by atoms with Crippen LogP contribution < -0.4 is 5.73 Å². The molecular weight excluding hydrogens is 208 g/mol. The molecule has 0 aliphatic rings. The van der Waals surface area contributed by atoms with Gasteiger partial charge in [0.25, 0.3) is 0 Å². The zero-order chi connectivity index (χ0) is 10.7. The predicted octanol–water partition coefficient (Wildman–Crippen LogP) is 2.91. The lowest BCUT2D eigenvalue weighted by Gasteiger charge is -2.03. The fourth-order valence-corrected chi connectivity index (χ4v) is 1.57. The molecule has 3 heteroatoms. The minimum atomic E-state index is 0.703. The van der Waals surface area contributed by atoms with Crippen molar-refractivity contribution in [2.45, 2.75) is 6.42 Å². The summed E-state index contributed by atoms with van der Waals surface area (Å²) in [6, 6.07) is 11.4. The van der Waals surface area contributed by atoms with E-state index < -0.39 is 0 Å². The van der Waals surface area contributed by atoms with E-state index in [1.807, 2.05) is 36.4 Å². The van der Waals surface area contributed by atoms with E-state index >= 15 is 0 Å². The van der Waals surface area contributed by atoms with Crippen LogP contribution in [0.5, 0.6) is 0 Å². The number of rotatable bonds is 2. The number of aromatic nitrogens is 1. The summed E-state index contributed by atoms with van der Waals surface area (Å²) in [6.07, 6.45) is 2.48. The number of nitrogens with zero attached hydrogens (tertiary/aromatic N) is 1. The second-order valence-electron chi connectivity index (χ2n) is 3.35. The lowest BCUT2D eigenvalue weighted by atomic mass is 10.1. The molecule has 15 heavy (non-hydrogen) atoms. The van der Waals surface area contributed by atoms with E-state index in [4.69, 9.17) is 17.3 Å². The Kier molecular flexibility index (Phi) is 2.88.